The van der Waals surface area contributed by atoms with Gasteiger partial charge in [-0.25, -0.2) is 23.1 Å². The molecule has 5 aromatic rings. The molecular weight excluding hydrogens is 829 g/mol. The van der Waals surface area contributed by atoms with E-state index in [1.54, 1.807) is 30.6 Å². The second-order valence-corrected chi connectivity index (χ2v) is 21.5. The number of ether oxygens (including phenoxy) is 1. The fourth-order valence-electron chi connectivity index (χ4n) is 10.8. The molecule has 9 rings (SSSR count). The number of carbonyl (C=O) groups is 1. The number of H-pyrrole nitrogens is 1. The molecule has 2 saturated carbocycles. The van der Waals surface area contributed by atoms with Gasteiger partial charge >= 0.3 is 5.69 Å². The molecular formula is C49H60N8O6S. The third-order valence-electron chi connectivity index (χ3n) is 14.6. The van der Waals surface area contributed by atoms with E-state index in [-0.39, 0.29) is 28.0 Å². The molecule has 4 aliphatic rings. The number of sulfonamides is 1. The smallest absolute Gasteiger partial charge is 0.312 e. The number of benzene rings is 2. The van der Waals surface area contributed by atoms with Crippen molar-refractivity contribution in [2.45, 2.75) is 115 Å². The Balaban J connectivity index is 0.895. The van der Waals surface area contributed by atoms with Crippen molar-refractivity contribution in [3.05, 3.63) is 106 Å². The third kappa shape index (κ3) is 9.06. The second-order valence-electron chi connectivity index (χ2n) is 19.9. The van der Waals surface area contributed by atoms with Crippen LogP contribution in [-0.2, 0) is 10.0 Å². The number of aromatic amines is 1. The molecule has 1 amide bonds. The summed E-state index contributed by atoms with van der Waals surface area (Å²) in [7, 11) is -4.59. The van der Waals surface area contributed by atoms with Crippen LogP contribution in [0.3, 0.4) is 0 Å². The van der Waals surface area contributed by atoms with Crippen LogP contribution in [-0.4, -0.2) is 71.3 Å². The summed E-state index contributed by atoms with van der Waals surface area (Å²) in [5, 5.41) is 16.0. The Morgan fingerprint density at radius 3 is 2.48 bits per heavy atom. The van der Waals surface area contributed by atoms with Crippen LogP contribution in [0.4, 0.5) is 17.2 Å². The van der Waals surface area contributed by atoms with Crippen molar-refractivity contribution in [1.82, 2.24) is 24.6 Å². The summed E-state index contributed by atoms with van der Waals surface area (Å²) in [6, 6.07) is 19.8. The van der Waals surface area contributed by atoms with E-state index in [0.29, 0.717) is 41.9 Å². The number of carbonyl (C=O) groups excluding carboxylic acids is 1. The van der Waals surface area contributed by atoms with E-state index in [0.717, 1.165) is 81.5 Å². The standard InChI is InChI=1S/C49H60N8O6S/c1-32(2)39-8-5-6-9-40(39)42-10-7-23-56(42)35-15-20-49(21-16-35)30-55(31-49)36-11-12-41(44(25-36)63-37-24-34-17-22-50-45(34)52-28-37)47(58)54-64(61,62)38-26-43(57(59)60)46(53-29-38)51-27-33-13-18-48(3,4)19-14-33/h5-6,8-9,11-12,17,22,24-26,28-29,32-33,35,42H,7,10,13-16,18-21,23,27,30-31H2,1-4H3,(H,50,52)(H,51,53)(H,54,58)/t42-/m0/s1. The minimum absolute atomic E-state index is 0.0105. The Morgan fingerprint density at radius 2 is 1.73 bits per heavy atom. The van der Waals surface area contributed by atoms with Crippen LogP contribution in [0, 0.1) is 26.9 Å². The van der Waals surface area contributed by atoms with E-state index in [9.17, 15) is 23.3 Å². The zero-order valence-corrected chi connectivity index (χ0v) is 38.1. The van der Waals surface area contributed by atoms with Gasteiger partial charge in [0.15, 0.2) is 0 Å². The SMILES string of the molecule is CC(C)c1ccccc1[C@@H]1CCCN1C1CCC2(CC1)CN(c1ccc(C(=O)NS(=O)(=O)c3cnc(NCC4CCC(C)(C)CC4)c([N+](=O)[O-])c3)c(Oc3cnc4[nH]ccc4c3)c1)C2. The van der Waals surface area contributed by atoms with E-state index in [4.69, 9.17) is 4.74 Å². The zero-order valence-electron chi connectivity index (χ0n) is 37.3. The molecule has 0 radical (unpaired) electrons. The van der Waals surface area contributed by atoms with Crippen molar-refractivity contribution in [3.63, 3.8) is 0 Å². The van der Waals surface area contributed by atoms with Gasteiger partial charge in [0, 0.05) is 66.5 Å². The highest BCUT2D eigenvalue weighted by atomic mass is 32.2. The molecule has 2 saturated heterocycles. The number of likely N-dealkylation sites (tertiary alicyclic amines) is 1. The van der Waals surface area contributed by atoms with Gasteiger partial charge in [-0.1, -0.05) is 52.0 Å². The number of amides is 1. The number of aromatic nitrogens is 3. The van der Waals surface area contributed by atoms with Crippen LogP contribution in [0.25, 0.3) is 11.0 Å². The maximum absolute atomic E-state index is 14.0. The van der Waals surface area contributed by atoms with Gasteiger partial charge in [0.2, 0.25) is 5.82 Å². The van der Waals surface area contributed by atoms with E-state index < -0.39 is 31.4 Å². The second kappa shape index (κ2) is 17.4. The summed E-state index contributed by atoms with van der Waals surface area (Å²) in [6.07, 6.45) is 15.5. The van der Waals surface area contributed by atoms with Crippen LogP contribution in [0.1, 0.15) is 125 Å². The van der Waals surface area contributed by atoms with E-state index in [2.05, 4.69) is 86.8 Å². The Bertz CT molecular complexity index is 2640. The van der Waals surface area contributed by atoms with Crippen LogP contribution < -0.4 is 19.7 Å². The molecule has 3 aromatic heterocycles. The Morgan fingerprint density at radius 1 is 0.969 bits per heavy atom. The van der Waals surface area contributed by atoms with Crippen LogP contribution in [0.2, 0.25) is 0 Å². The van der Waals surface area contributed by atoms with Gasteiger partial charge in [0.1, 0.15) is 22.0 Å². The number of nitro groups is 1. The van der Waals surface area contributed by atoms with Crippen molar-refractivity contribution in [2.24, 2.45) is 16.7 Å². The molecule has 2 aliphatic carbocycles. The first-order chi connectivity index (χ1) is 30.7. The minimum Gasteiger partial charge on any atom is -0.455 e. The molecule has 3 N–H and O–H groups in total. The Labute approximate surface area is 375 Å². The van der Waals surface area contributed by atoms with Gasteiger partial charge in [-0.3, -0.25) is 19.8 Å². The van der Waals surface area contributed by atoms with E-state index in [1.165, 1.54) is 36.8 Å². The first kappa shape index (κ1) is 43.7. The van der Waals surface area contributed by atoms with Gasteiger partial charge in [0.25, 0.3) is 15.9 Å². The Hall–Kier alpha value is -5.54. The monoisotopic (exact) mass is 888 g/mol. The summed E-state index contributed by atoms with van der Waals surface area (Å²) in [5.41, 5.74) is 4.49. The molecule has 15 heteroatoms. The van der Waals surface area contributed by atoms with Gasteiger partial charge in [-0.2, -0.15) is 0 Å². The highest BCUT2D eigenvalue weighted by Crippen LogP contribution is 2.49. The van der Waals surface area contributed by atoms with E-state index >= 15 is 0 Å². The molecule has 64 heavy (non-hydrogen) atoms. The lowest BCUT2D eigenvalue weighted by Crippen LogP contribution is -2.59. The average Bonchev–Trinajstić information content (AvgIpc) is 3.95. The largest absolute Gasteiger partial charge is 0.455 e. The van der Waals surface area contributed by atoms with Gasteiger partial charge < -0.3 is 19.9 Å². The highest BCUT2D eigenvalue weighted by Gasteiger charge is 2.47. The van der Waals surface area contributed by atoms with Gasteiger partial charge in [0.05, 0.1) is 22.9 Å². The number of nitrogens with zero attached hydrogens (tertiary/aromatic N) is 5. The quantitative estimate of drug-likeness (QED) is 0.0758. The van der Waals surface area contributed by atoms with Crippen molar-refractivity contribution >= 4 is 44.2 Å². The number of anilines is 2. The van der Waals surface area contributed by atoms with Crippen molar-refractivity contribution in [1.29, 1.82) is 0 Å². The van der Waals surface area contributed by atoms with Crippen LogP contribution in [0.15, 0.2) is 84.1 Å². The first-order valence-electron chi connectivity index (χ1n) is 23.0. The lowest BCUT2D eigenvalue weighted by molar-refractivity contribution is -0.384. The molecule has 338 valence electrons. The number of rotatable bonds is 13. The molecule has 5 heterocycles. The minimum atomic E-state index is -4.59. The highest BCUT2D eigenvalue weighted by molar-refractivity contribution is 7.90. The zero-order chi connectivity index (χ0) is 44.8. The van der Waals surface area contributed by atoms with Crippen LogP contribution >= 0.6 is 0 Å². The number of nitrogens with one attached hydrogen (secondary N) is 3. The number of hydrogen-bond acceptors (Lipinski definition) is 11. The number of fused-ring (bicyclic) bond motifs is 1. The number of pyridine rings is 2. The van der Waals surface area contributed by atoms with Crippen molar-refractivity contribution in [2.75, 3.05) is 36.4 Å². The topological polar surface area (TPSA) is 176 Å². The molecule has 0 unspecified atom stereocenters. The summed E-state index contributed by atoms with van der Waals surface area (Å²) in [6.45, 7) is 12.5. The Kier molecular flexibility index (Phi) is 11.9. The van der Waals surface area contributed by atoms with E-state index in [1.807, 2.05) is 12.1 Å². The maximum atomic E-state index is 14.0. The molecule has 2 aromatic carbocycles. The summed E-state index contributed by atoms with van der Waals surface area (Å²) in [5.74, 6) is 0.392. The average molecular weight is 889 g/mol. The predicted molar refractivity (Wildman–Crippen MR) is 248 cm³/mol. The third-order valence-corrected chi connectivity index (χ3v) is 15.9. The normalized spacial score (nSPS) is 20.4. The van der Waals surface area contributed by atoms with Gasteiger partial charge in [-0.15, -0.1) is 0 Å². The fraction of sp³-hybridized carbons (Fsp3) is 0.490. The summed E-state index contributed by atoms with van der Waals surface area (Å²) < 4.78 is 35.9. The van der Waals surface area contributed by atoms with Crippen LogP contribution in [0.5, 0.6) is 11.5 Å². The molecule has 0 bridgehead atoms. The molecule has 1 spiro atoms. The number of hydrogen-bond donors (Lipinski definition) is 3. The van der Waals surface area contributed by atoms with Crippen molar-refractivity contribution < 1.29 is 22.9 Å². The lowest BCUT2D eigenvalue weighted by atomic mass is 9.67. The molecule has 4 fully saturated rings. The molecule has 2 aliphatic heterocycles. The first-order valence-corrected chi connectivity index (χ1v) is 24.4. The maximum Gasteiger partial charge on any atom is 0.312 e. The summed E-state index contributed by atoms with van der Waals surface area (Å²) in [4.78, 5) is 41.7. The molecule has 1 atom stereocenters. The van der Waals surface area contributed by atoms with Gasteiger partial charge in [-0.05, 0) is 123 Å². The lowest BCUT2D eigenvalue weighted by Gasteiger charge is -2.55. The van der Waals surface area contributed by atoms with Crippen molar-refractivity contribution in [3.8, 4) is 11.5 Å². The summed E-state index contributed by atoms with van der Waals surface area (Å²) >= 11 is 0. The molecule has 14 nitrogen and oxygen atoms in total. The fourth-order valence-corrected chi connectivity index (χ4v) is 11.7. The predicted octanol–water partition coefficient (Wildman–Crippen LogP) is 10.1.